The number of halogens is 1. The van der Waals surface area contributed by atoms with Crippen molar-refractivity contribution in [3.8, 4) is 0 Å². The zero-order valence-corrected chi connectivity index (χ0v) is 17.0. The summed E-state index contributed by atoms with van der Waals surface area (Å²) in [5, 5.41) is 2.83. The first kappa shape index (κ1) is 21.4. The molecule has 0 bridgehead atoms. The highest BCUT2D eigenvalue weighted by Crippen LogP contribution is 2.17. The quantitative estimate of drug-likeness (QED) is 0.711. The number of carbonyl (C=O) groups is 1. The van der Waals surface area contributed by atoms with Gasteiger partial charge in [0.25, 0.3) is 0 Å². The zero-order valence-electron chi connectivity index (χ0n) is 16.1. The highest BCUT2D eigenvalue weighted by Gasteiger charge is 2.25. The highest BCUT2D eigenvalue weighted by atomic mass is 32.2. The molecule has 0 atom stereocenters. The van der Waals surface area contributed by atoms with E-state index in [1.807, 2.05) is 12.1 Å². The number of ether oxygens (including phenoxy) is 1. The Kier molecular flexibility index (Phi) is 7.35. The second kappa shape index (κ2) is 9.96. The third kappa shape index (κ3) is 6.35. The van der Waals surface area contributed by atoms with E-state index in [1.165, 1.54) is 16.4 Å². The molecule has 8 heteroatoms. The van der Waals surface area contributed by atoms with Crippen LogP contribution in [0.2, 0.25) is 0 Å². The van der Waals surface area contributed by atoms with Crippen LogP contribution in [0.25, 0.3) is 0 Å². The van der Waals surface area contributed by atoms with Crippen LogP contribution in [0.4, 0.5) is 4.39 Å². The average molecular weight is 421 g/mol. The number of morpholine rings is 1. The van der Waals surface area contributed by atoms with E-state index < -0.39 is 10.0 Å². The molecular weight excluding hydrogens is 395 g/mol. The molecule has 2 aromatic rings. The number of carbonyl (C=O) groups excluding carboxylic acids is 1. The molecule has 1 aliphatic heterocycles. The maximum Gasteiger partial charge on any atom is 0.220 e. The van der Waals surface area contributed by atoms with E-state index in [1.54, 1.807) is 24.3 Å². The van der Waals surface area contributed by atoms with E-state index in [-0.39, 0.29) is 30.4 Å². The Balaban J connectivity index is 1.56. The molecule has 1 saturated heterocycles. The molecule has 1 fully saturated rings. The van der Waals surface area contributed by atoms with Crippen molar-refractivity contribution >= 4 is 15.9 Å². The number of hydrogen-bond donors (Lipinski definition) is 1. The van der Waals surface area contributed by atoms with Crippen LogP contribution in [0, 0.1) is 5.82 Å². The minimum absolute atomic E-state index is 0.109. The second-order valence-electron chi connectivity index (χ2n) is 6.94. The maximum absolute atomic E-state index is 13.2. The Morgan fingerprint density at radius 3 is 2.52 bits per heavy atom. The lowest BCUT2D eigenvalue weighted by Gasteiger charge is -2.26. The van der Waals surface area contributed by atoms with Crippen LogP contribution < -0.4 is 5.32 Å². The van der Waals surface area contributed by atoms with Gasteiger partial charge in [0.15, 0.2) is 0 Å². The number of nitrogens with zero attached hydrogens (tertiary/aromatic N) is 1. The fraction of sp³-hybridized carbons (Fsp3) is 0.381. The van der Waals surface area contributed by atoms with Crippen molar-refractivity contribution in [3.05, 3.63) is 71.0 Å². The van der Waals surface area contributed by atoms with Gasteiger partial charge in [0.1, 0.15) is 5.82 Å². The molecule has 1 amide bonds. The van der Waals surface area contributed by atoms with E-state index in [9.17, 15) is 17.6 Å². The summed E-state index contributed by atoms with van der Waals surface area (Å²) in [7, 11) is -3.44. The summed E-state index contributed by atoms with van der Waals surface area (Å²) in [6.07, 6.45) is 0.675. The van der Waals surface area contributed by atoms with E-state index in [0.717, 1.165) is 11.1 Å². The molecule has 1 N–H and O–H groups in total. The molecule has 0 aromatic heterocycles. The number of amides is 1. The average Bonchev–Trinajstić information content (AvgIpc) is 2.72. The minimum Gasteiger partial charge on any atom is -0.379 e. The van der Waals surface area contributed by atoms with Crippen molar-refractivity contribution < 1.29 is 22.3 Å². The predicted octanol–water partition coefficient (Wildman–Crippen LogP) is 2.24. The molecule has 156 valence electrons. The lowest BCUT2D eigenvalue weighted by Crippen LogP contribution is -2.41. The smallest absolute Gasteiger partial charge is 0.220 e. The lowest BCUT2D eigenvalue weighted by molar-refractivity contribution is -0.121. The summed E-state index contributed by atoms with van der Waals surface area (Å²) >= 11 is 0. The monoisotopic (exact) mass is 420 g/mol. The molecule has 0 saturated carbocycles. The Labute approximate surface area is 170 Å². The number of nitrogens with one attached hydrogen (secondary N) is 1. The standard InChI is InChI=1S/C21H25FN2O4S/c22-20-7-3-4-17(14-20)8-9-21(25)23-15-18-5-1-2-6-19(18)16-29(26,27)24-10-12-28-13-11-24/h1-7,14H,8-13,15-16H2,(H,23,25). The Morgan fingerprint density at radius 1 is 1.07 bits per heavy atom. The molecular formula is C21H25FN2O4S. The van der Waals surface area contributed by atoms with Crippen LogP contribution in [0.1, 0.15) is 23.1 Å². The molecule has 29 heavy (non-hydrogen) atoms. The summed E-state index contributed by atoms with van der Waals surface area (Å²) in [6, 6.07) is 13.4. The first-order chi connectivity index (χ1) is 13.9. The summed E-state index contributed by atoms with van der Waals surface area (Å²) in [4.78, 5) is 12.2. The number of aryl methyl sites for hydroxylation is 1. The summed E-state index contributed by atoms with van der Waals surface area (Å²) in [6.45, 7) is 1.78. The van der Waals surface area contributed by atoms with Gasteiger partial charge in [-0.2, -0.15) is 4.31 Å². The Hall–Kier alpha value is -2.29. The van der Waals surface area contributed by atoms with Crippen LogP contribution in [0.5, 0.6) is 0 Å². The van der Waals surface area contributed by atoms with Crippen LogP contribution in [0.15, 0.2) is 48.5 Å². The molecule has 0 aliphatic carbocycles. The van der Waals surface area contributed by atoms with Gasteiger partial charge in [0.2, 0.25) is 15.9 Å². The van der Waals surface area contributed by atoms with E-state index >= 15 is 0 Å². The number of sulfonamides is 1. The van der Waals surface area contributed by atoms with Gasteiger partial charge < -0.3 is 10.1 Å². The third-order valence-corrected chi connectivity index (χ3v) is 6.65. The topological polar surface area (TPSA) is 75.7 Å². The molecule has 0 spiro atoms. The predicted molar refractivity (Wildman–Crippen MR) is 108 cm³/mol. The van der Waals surface area contributed by atoms with Crippen molar-refractivity contribution in [1.82, 2.24) is 9.62 Å². The summed E-state index contributed by atoms with van der Waals surface area (Å²) < 4.78 is 45.3. The van der Waals surface area contributed by atoms with Crippen LogP contribution >= 0.6 is 0 Å². The van der Waals surface area contributed by atoms with Gasteiger partial charge in [-0.3, -0.25) is 4.79 Å². The van der Waals surface area contributed by atoms with Gasteiger partial charge in [0, 0.05) is 26.1 Å². The SMILES string of the molecule is O=C(CCc1cccc(F)c1)NCc1ccccc1CS(=O)(=O)N1CCOCC1. The fourth-order valence-corrected chi connectivity index (χ4v) is 4.78. The van der Waals surface area contributed by atoms with Crippen molar-refractivity contribution in [2.45, 2.75) is 25.1 Å². The Bertz CT molecular complexity index is 943. The third-order valence-electron chi connectivity index (χ3n) is 4.83. The van der Waals surface area contributed by atoms with Gasteiger partial charge >= 0.3 is 0 Å². The van der Waals surface area contributed by atoms with Crippen molar-refractivity contribution in [2.24, 2.45) is 0 Å². The number of rotatable bonds is 8. The molecule has 0 unspecified atom stereocenters. The molecule has 1 aliphatic rings. The van der Waals surface area contributed by atoms with Gasteiger partial charge in [0.05, 0.1) is 19.0 Å². The summed E-state index contributed by atoms with van der Waals surface area (Å²) in [5.41, 5.74) is 2.20. The van der Waals surface area contributed by atoms with Crippen molar-refractivity contribution in [1.29, 1.82) is 0 Å². The van der Waals surface area contributed by atoms with Gasteiger partial charge in [-0.1, -0.05) is 36.4 Å². The second-order valence-corrected chi connectivity index (χ2v) is 8.91. The van der Waals surface area contributed by atoms with E-state index in [2.05, 4.69) is 5.32 Å². The normalized spacial score (nSPS) is 15.2. The van der Waals surface area contributed by atoms with Gasteiger partial charge in [-0.05, 0) is 35.2 Å². The van der Waals surface area contributed by atoms with Gasteiger partial charge in [-0.25, -0.2) is 12.8 Å². The molecule has 1 heterocycles. The molecule has 6 nitrogen and oxygen atoms in total. The maximum atomic E-state index is 13.2. The van der Waals surface area contributed by atoms with Crippen molar-refractivity contribution in [2.75, 3.05) is 26.3 Å². The molecule has 0 radical (unpaired) electrons. The number of benzene rings is 2. The minimum atomic E-state index is -3.44. The highest BCUT2D eigenvalue weighted by molar-refractivity contribution is 7.88. The first-order valence-electron chi connectivity index (χ1n) is 9.57. The van der Waals surface area contributed by atoms with Crippen molar-refractivity contribution in [3.63, 3.8) is 0 Å². The Morgan fingerprint density at radius 2 is 1.79 bits per heavy atom. The van der Waals surface area contributed by atoms with E-state index in [0.29, 0.717) is 38.3 Å². The van der Waals surface area contributed by atoms with Crippen LogP contribution in [-0.2, 0) is 38.3 Å². The van der Waals surface area contributed by atoms with E-state index in [4.69, 9.17) is 4.74 Å². The van der Waals surface area contributed by atoms with Crippen LogP contribution in [-0.4, -0.2) is 44.9 Å². The fourth-order valence-electron chi connectivity index (χ4n) is 3.22. The molecule has 2 aromatic carbocycles. The summed E-state index contributed by atoms with van der Waals surface area (Å²) in [5.74, 6) is -0.596. The zero-order chi connectivity index (χ0) is 20.7. The molecule has 3 rings (SSSR count). The first-order valence-corrected chi connectivity index (χ1v) is 11.2. The largest absolute Gasteiger partial charge is 0.379 e. The van der Waals surface area contributed by atoms with Crippen LogP contribution in [0.3, 0.4) is 0 Å². The van der Waals surface area contributed by atoms with Gasteiger partial charge in [-0.15, -0.1) is 0 Å². The lowest BCUT2D eigenvalue weighted by atomic mass is 10.1. The number of hydrogen-bond acceptors (Lipinski definition) is 4.